The van der Waals surface area contributed by atoms with Crippen molar-refractivity contribution >= 4 is 40.2 Å². The molecular weight excluding hydrogens is 300 g/mol. The average molecular weight is 312 g/mol. The molecule has 1 amide bonds. The van der Waals surface area contributed by atoms with Gasteiger partial charge >= 0.3 is 5.97 Å². The topological polar surface area (TPSA) is 92.4 Å². The highest BCUT2D eigenvalue weighted by atomic mass is 32.2. The van der Waals surface area contributed by atoms with Gasteiger partial charge in [-0.3, -0.25) is 4.79 Å². The van der Waals surface area contributed by atoms with E-state index in [1.165, 1.54) is 0 Å². The minimum absolute atomic E-state index is 0.0132. The van der Waals surface area contributed by atoms with Gasteiger partial charge in [0.05, 0.1) is 11.4 Å². The van der Waals surface area contributed by atoms with Crippen molar-refractivity contribution in [1.82, 2.24) is 4.37 Å². The molecule has 2 aromatic heterocycles. The van der Waals surface area contributed by atoms with Crippen molar-refractivity contribution in [2.75, 3.05) is 11.6 Å². The van der Waals surface area contributed by atoms with Crippen LogP contribution in [-0.2, 0) is 5.75 Å². The molecule has 0 aliphatic heterocycles. The third kappa shape index (κ3) is 3.02. The van der Waals surface area contributed by atoms with E-state index in [0.29, 0.717) is 17.2 Å². The zero-order valence-corrected chi connectivity index (χ0v) is 12.4. The quantitative estimate of drug-likeness (QED) is 0.882. The van der Waals surface area contributed by atoms with Crippen molar-refractivity contribution in [2.45, 2.75) is 12.7 Å². The number of carbonyl (C=O) groups excluding carboxylic acids is 1. The number of rotatable bonds is 5. The molecule has 0 saturated heterocycles. The van der Waals surface area contributed by atoms with E-state index in [1.807, 2.05) is 6.26 Å². The summed E-state index contributed by atoms with van der Waals surface area (Å²) in [6.45, 7) is 1.58. The van der Waals surface area contributed by atoms with E-state index in [4.69, 9.17) is 9.52 Å². The number of nitrogens with one attached hydrogen (secondary N) is 1. The molecule has 2 heterocycles. The van der Waals surface area contributed by atoms with Gasteiger partial charge in [-0.05, 0) is 36.8 Å². The minimum atomic E-state index is -1.12. The van der Waals surface area contributed by atoms with E-state index < -0.39 is 11.9 Å². The highest BCUT2D eigenvalue weighted by Gasteiger charge is 2.21. The molecule has 0 aliphatic rings. The third-order valence-electron chi connectivity index (χ3n) is 2.48. The maximum atomic E-state index is 12.0. The van der Waals surface area contributed by atoms with Gasteiger partial charge < -0.3 is 14.8 Å². The van der Waals surface area contributed by atoms with Crippen LogP contribution < -0.4 is 5.32 Å². The number of hydrogen-bond donors (Lipinski definition) is 2. The van der Waals surface area contributed by atoms with Crippen LogP contribution in [-0.4, -0.2) is 27.6 Å². The second-order valence-electron chi connectivity index (χ2n) is 3.93. The van der Waals surface area contributed by atoms with Crippen molar-refractivity contribution in [3.8, 4) is 0 Å². The van der Waals surface area contributed by atoms with Gasteiger partial charge in [-0.1, -0.05) is 0 Å². The van der Waals surface area contributed by atoms with Crippen LogP contribution in [0.5, 0.6) is 0 Å². The van der Waals surface area contributed by atoms with Crippen LogP contribution in [0.15, 0.2) is 16.5 Å². The highest BCUT2D eigenvalue weighted by Crippen LogP contribution is 2.25. The Labute approximate surface area is 123 Å². The predicted molar refractivity (Wildman–Crippen MR) is 77.7 cm³/mol. The number of furan rings is 1. The first-order valence-electron chi connectivity index (χ1n) is 5.61. The molecule has 0 radical (unpaired) electrons. The predicted octanol–water partition coefficient (Wildman–Crippen LogP) is 2.86. The van der Waals surface area contributed by atoms with E-state index in [1.54, 1.807) is 30.8 Å². The number of hydrogen-bond acceptors (Lipinski definition) is 6. The Bertz CT molecular complexity index is 648. The fraction of sp³-hybridized carbons (Fsp3) is 0.250. The summed E-state index contributed by atoms with van der Waals surface area (Å²) in [5, 5.41) is 11.8. The zero-order valence-electron chi connectivity index (χ0n) is 10.8. The summed E-state index contributed by atoms with van der Waals surface area (Å²) in [5.74, 6) is -0.0801. The fourth-order valence-corrected chi connectivity index (χ4v) is 2.82. The summed E-state index contributed by atoms with van der Waals surface area (Å²) in [5.41, 5.74) is 0.388. The molecule has 2 aromatic rings. The molecule has 0 saturated carbocycles. The standard InChI is InChI=1S/C12H12N2O4S2/c1-6-9(12(16)17)11(20-14-6)13-10(15)8-4-3-7(18-8)5-19-2/h3-4H,5H2,1-2H3,(H,13,15)(H,16,17). The molecule has 0 fully saturated rings. The van der Waals surface area contributed by atoms with E-state index >= 15 is 0 Å². The van der Waals surface area contributed by atoms with Gasteiger partial charge in [0.1, 0.15) is 16.3 Å². The monoisotopic (exact) mass is 312 g/mol. The number of aromatic nitrogens is 1. The maximum Gasteiger partial charge on any atom is 0.340 e. The van der Waals surface area contributed by atoms with Gasteiger partial charge in [-0.2, -0.15) is 16.1 Å². The summed E-state index contributed by atoms with van der Waals surface area (Å²) in [6.07, 6.45) is 1.93. The first-order chi connectivity index (χ1) is 9.52. The highest BCUT2D eigenvalue weighted by molar-refractivity contribution is 7.97. The first kappa shape index (κ1) is 14.6. The Kier molecular flexibility index (Phi) is 4.46. The van der Waals surface area contributed by atoms with Crippen LogP contribution in [0.3, 0.4) is 0 Å². The molecule has 2 N–H and O–H groups in total. The largest absolute Gasteiger partial charge is 0.478 e. The van der Waals surface area contributed by atoms with Gasteiger partial charge in [0.15, 0.2) is 5.76 Å². The number of anilines is 1. The van der Waals surface area contributed by atoms with Crippen molar-refractivity contribution in [3.63, 3.8) is 0 Å². The second kappa shape index (κ2) is 6.10. The molecule has 6 nitrogen and oxygen atoms in total. The fourth-order valence-electron chi connectivity index (χ4n) is 1.59. The molecule has 0 atom stereocenters. The summed E-state index contributed by atoms with van der Waals surface area (Å²) in [7, 11) is 0. The van der Waals surface area contributed by atoms with Crippen LogP contribution in [0.2, 0.25) is 0 Å². The first-order valence-corrected chi connectivity index (χ1v) is 7.78. The normalized spacial score (nSPS) is 10.5. The Morgan fingerprint density at radius 3 is 2.90 bits per heavy atom. The number of amides is 1. The minimum Gasteiger partial charge on any atom is -0.478 e. The van der Waals surface area contributed by atoms with Gasteiger partial charge in [0.25, 0.3) is 5.91 Å². The number of carboxylic acid groups (broad SMARTS) is 1. The average Bonchev–Trinajstić information content (AvgIpc) is 2.97. The lowest BCUT2D eigenvalue weighted by molar-refractivity contribution is 0.0697. The molecular formula is C12H12N2O4S2. The van der Waals surface area contributed by atoms with Crippen LogP contribution in [0.1, 0.15) is 32.4 Å². The lowest BCUT2D eigenvalue weighted by Crippen LogP contribution is -2.12. The summed E-state index contributed by atoms with van der Waals surface area (Å²) >= 11 is 2.52. The molecule has 2 rings (SSSR count). The lowest BCUT2D eigenvalue weighted by Gasteiger charge is -2.01. The van der Waals surface area contributed by atoms with Gasteiger partial charge in [0, 0.05) is 0 Å². The number of aryl methyl sites for hydroxylation is 1. The number of aromatic carboxylic acids is 1. The molecule has 0 spiro atoms. The maximum absolute atomic E-state index is 12.0. The molecule has 8 heteroatoms. The smallest absolute Gasteiger partial charge is 0.340 e. The van der Waals surface area contributed by atoms with Crippen molar-refractivity contribution < 1.29 is 19.1 Å². The number of nitrogens with zero attached hydrogens (tertiary/aromatic N) is 1. The lowest BCUT2D eigenvalue weighted by atomic mass is 10.2. The van der Waals surface area contributed by atoms with Crippen LogP contribution >= 0.6 is 23.3 Å². The molecule has 0 aromatic carbocycles. The van der Waals surface area contributed by atoms with Crippen LogP contribution in [0, 0.1) is 6.92 Å². The molecule has 106 valence electrons. The second-order valence-corrected chi connectivity index (χ2v) is 5.57. The van der Waals surface area contributed by atoms with Gasteiger partial charge in [-0.15, -0.1) is 0 Å². The van der Waals surface area contributed by atoms with E-state index in [-0.39, 0.29) is 16.3 Å². The van der Waals surface area contributed by atoms with Gasteiger partial charge in [0.2, 0.25) is 0 Å². The Hall–Kier alpha value is -1.80. The molecule has 0 unspecified atom stereocenters. The Balaban J connectivity index is 2.17. The summed E-state index contributed by atoms with van der Waals surface area (Å²) in [4.78, 5) is 23.1. The van der Waals surface area contributed by atoms with Crippen LogP contribution in [0.4, 0.5) is 5.00 Å². The summed E-state index contributed by atoms with van der Waals surface area (Å²) in [6, 6.07) is 3.29. The zero-order chi connectivity index (χ0) is 14.7. The van der Waals surface area contributed by atoms with Crippen LogP contribution in [0.25, 0.3) is 0 Å². The van der Waals surface area contributed by atoms with E-state index in [0.717, 1.165) is 11.5 Å². The van der Waals surface area contributed by atoms with Crippen molar-refractivity contribution in [1.29, 1.82) is 0 Å². The number of carbonyl (C=O) groups is 2. The van der Waals surface area contributed by atoms with E-state index in [2.05, 4.69) is 9.69 Å². The Morgan fingerprint density at radius 1 is 1.50 bits per heavy atom. The molecule has 20 heavy (non-hydrogen) atoms. The van der Waals surface area contributed by atoms with Gasteiger partial charge in [-0.25, -0.2) is 4.79 Å². The Morgan fingerprint density at radius 2 is 2.25 bits per heavy atom. The third-order valence-corrected chi connectivity index (χ3v) is 3.90. The number of carboxylic acids is 1. The SMILES string of the molecule is CSCc1ccc(C(=O)Nc2snc(C)c2C(=O)O)o1. The van der Waals surface area contributed by atoms with Crippen molar-refractivity contribution in [3.05, 3.63) is 34.9 Å². The van der Waals surface area contributed by atoms with Crippen molar-refractivity contribution in [2.24, 2.45) is 0 Å². The molecule has 0 aliphatic carbocycles. The number of thioether (sulfide) groups is 1. The summed E-state index contributed by atoms with van der Waals surface area (Å²) < 4.78 is 9.30. The van der Waals surface area contributed by atoms with E-state index in [9.17, 15) is 9.59 Å². The molecule has 0 bridgehead atoms.